The van der Waals surface area contributed by atoms with Crippen LogP contribution in [0.5, 0.6) is 0 Å². The van der Waals surface area contributed by atoms with Gasteiger partial charge in [0, 0.05) is 39.3 Å². The van der Waals surface area contributed by atoms with Crippen molar-refractivity contribution in [3.05, 3.63) is 11.6 Å². The zero-order chi connectivity index (χ0) is 17.1. The second-order valence-corrected chi connectivity index (χ2v) is 7.63. The summed E-state index contributed by atoms with van der Waals surface area (Å²) in [5, 5.41) is 7.09. The van der Waals surface area contributed by atoms with Gasteiger partial charge in [0.1, 0.15) is 5.82 Å². The third-order valence-corrected chi connectivity index (χ3v) is 5.05. The van der Waals surface area contributed by atoms with Gasteiger partial charge in [-0.3, -0.25) is 19.7 Å². The molecule has 2 fully saturated rings. The van der Waals surface area contributed by atoms with Gasteiger partial charge in [0.15, 0.2) is 5.82 Å². The third kappa shape index (κ3) is 4.54. The fourth-order valence-electron chi connectivity index (χ4n) is 3.92. The maximum atomic E-state index is 12.6. The SMILES string of the molecule is Cc1nc(CN2CCN(CC(=O)N3C[C@@H](C)C[C@H](C)C3)CC2)n[nH]1. The quantitative estimate of drug-likeness (QED) is 0.879. The van der Waals surface area contributed by atoms with E-state index < -0.39 is 0 Å². The number of aromatic amines is 1. The zero-order valence-corrected chi connectivity index (χ0v) is 15.2. The van der Waals surface area contributed by atoms with Gasteiger partial charge in [0.2, 0.25) is 5.91 Å². The number of aromatic nitrogens is 3. The van der Waals surface area contributed by atoms with Crippen LogP contribution in [0.1, 0.15) is 31.9 Å². The maximum absolute atomic E-state index is 12.6. The van der Waals surface area contributed by atoms with Crippen molar-refractivity contribution in [2.24, 2.45) is 11.8 Å². The Kier molecular flexibility index (Phi) is 5.50. The summed E-state index contributed by atoms with van der Waals surface area (Å²) in [6.45, 7) is 13.4. The Bertz CT molecular complexity index is 541. The minimum Gasteiger partial charge on any atom is -0.341 e. The molecule has 1 amide bonds. The number of piperazine rings is 1. The van der Waals surface area contributed by atoms with Crippen LogP contribution in [0.4, 0.5) is 0 Å². The lowest BCUT2D eigenvalue weighted by molar-refractivity contribution is -0.135. The Morgan fingerprint density at radius 1 is 1.12 bits per heavy atom. The standard InChI is InChI=1S/C17H30N6O/c1-13-8-14(2)10-23(9-13)17(24)12-22-6-4-21(5-7-22)11-16-18-15(3)19-20-16/h13-14H,4-12H2,1-3H3,(H,18,19,20)/t13-,14-/m0/s1. The molecule has 1 aromatic heterocycles. The number of amides is 1. The lowest BCUT2D eigenvalue weighted by atomic mass is 9.92. The van der Waals surface area contributed by atoms with Crippen LogP contribution in [0, 0.1) is 18.8 Å². The Balaban J connectivity index is 1.42. The summed E-state index contributed by atoms with van der Waals surface area (Å²) in [4.78, 5) is 23.7. The molecule has 0 spiro atoms. The van der Waals surface area contributed by atoms with Gasteiger partial charge in [-0.05, 0) is 25.2 Å². The Morgan fingerprint density at radius 3 is 2.33 bits per heavy atom. The molecule has 24 heavy (non-hydrogen) atoms. The van der Waals surface area contributed by atoms with E-state index in [-0.39, 0.29) is 0 Å². The molecule has 1 aromatic rings. The number of likely N-dealkylation sites (tertiary alicyclic amines) is 1. The zero-order valence-electron chi connectivity index (χ0n) is 15.2. The molecule has 0 aromatic carbocycles. The number of rotatable bonds is 4. The monoisotopic (exact) mass is 334 g/mol. The summed E-state index contributed by atoms with van der Waals surface area (Å²) in [6.07, 6.45) is 1.24. The molecule has 2 aliphatic heterocycles. The van der Waals surface area contributed by atoms with E-state index in [1.165, 1.54) is 6.42 Å². The fraction of sp³-hybridized carbons (Fsp3) is 0.824. The molecule has 0 radical (unpaired) electrons. The molecule has 3 heterocycles. The van der Waals surface area contributed by atoms with Crippen molar-refractivity contribution in [1.82, 2.24) is 29.9 Å². The molecule has 7 heteroatoms. The molecule has 0 aliphatic carbocycles. The minimum atomic E-state index is 0.298. The number of carbonyl (C=O) groups is 1. The van der Waals surface area contributed by atoms with Crippen molar-refractivity contribution in [3.8, 4) is 0 Å². The second-order valence-electron chi connectivity index (χ2n) is 7.63. The van der Waals surface area contributed by atoms with Gasteiger partial charge in [-0.1, -0.05) is 13.8 Å². The van der Waals surface area contributed by atoms with Crippen molar-refractivity contribution in [2.75, 3.05) is 45.8 Å². The van der Waals surface area contributed by atoms with Crippen molar-refractivity contribution < 1.29 is 4.79 Å². The lowest BCUT2D eigenvalue weighted by Gasteiger charge is -2.38. The molecule has 2 atom stereocenters. The fourth-order valence-corrected chi connectivity index (χ4v) is 3.92. The summed E-state index contributed by atoms with van der Waals surface area (Å²) in [5.74, 6) is 3.26. The average molecular weight is 334 g/mol. The second kappa shape index (κ2) is 7.61. The van der Waals surface area contributed by atoms with Crippen LogP contribution in [0.2, 0.25) is 0 Å². The first-order chi connectivity index (χ1) is 11.5. The molecular weight excluding hydrogens is 304 g/mol. The van der Waals surface area contributed by atoms with Crippen LogP contribution >= 0.6 is 0 Å². The number of hydrogen-bond acceptors (Lipinski definition) is 5. The summed E-state index contributed by atoms with van der Waals surface area (Å²) in [6, 6.07) is 0. The molecule has 134 valence electrons. The molecule has 2 saturated heterocycles. The lowest BCUT2D eigenvalue weighted by Crippen LogP contribution is -2.51. The highest BCUT2D eigenvalue weighted by Gasteiger charge is 2.27. The van der Waals surface area contributed by atoms with Gasteiger partial charge in [-0.25, -0.2) is 4.98 Å². The number of piperidine rings is 1. The van der Waals surface area contributed by atoms with Crippen LogP contribution in [0.25, 0.3) is 0 Å². The van der Waals surface area contributed by atoms with Gasteiger partial charge >= 0.3 is 0 Å². The van der Waals surface area contributed by atoms with E-state index in [9.17, 15) is 4.79 Å². The molecule has 2 aliphatic rings. The summed E-state index contributed by atoms with van der Waals surface area (Å²) < 4.78 is 0. The van der Waals surface area contributed by atoms with E-state index in [2.05, 4.69) is 43.7 Å². The van der Waals surface area contributed by atoms with Gasteiger partial charge in [0.25, 0.3) is 0 Å². The summed E-state index contributed by atoms with van der Waals surface area (Å²) in [5.41, 5.74) is 0. The van der Waals surface area contributed by atoms with E-state index in [0.29, 0.717) is 24.3 Å². The molecule has 0 bridgehead atoms. The number of nitrogens with one attached hydrogen (secondary N) is 1. The van der Waals surface area contributed by atoms with E-state index in [0.717, 1.165) is 57.5 Å². The summed E-state index contributed by atoms with van der Waals surface area (Å²) >= 11 is 0. The van der Waals surface area contributed by atoms with E-state index in [4.69, 9.17) is 0 Å². The number of H-pyrrole nitrogens is 1. The van der Waals surface area contributed by atoms with Crippen LogP contribution in [-0.4, -0.2) is 81.6 Å². The van der Waals surface area contributed by atoms with Crippen LogP contribution in [0.15, 0.2) is 0 Å². The predicted octanol–water partition coefficient (Wildman–Crippen LogP) is 0.735. The van der Waals surface area contributed by atoms with Crippen LogP contribution in [-0.2, 0) is 11.3 Å². The van der Waals surface area contributed by atoms with E-state index in [1.54, 1.807) is 0 Å². The normalized spacial score (nSPS) is 26.7. The molecule has 0 saturated carbocycles. The van der Waals surface area contributed by atoms with Gasteiger partial charge in [-0.2, -0.15) is 5.10 Å². The maximum Gasteiger partial charge on any atom is 0.236 e. The number of hydrogen-bond donors (Lipinski definition) is 1. The predicted molar refractivity (Wildman–Crippen MR) is 92.4 cm³/mol. The van der Waals surface area contributed by atoms with Crippen LogP contribution in [0.3, 0.4) is 0 Å². The molecule has 7 nitrogen and oxygen atoms in total. The molecule has 3 rings (SSSR count). The molecule has 0 unspecified atom stereocenters. The molecular formula is C17H30N6O. The highest BCUT2D eigenvalue weighted by molar-refractivity contribution is 5.78. The highest BCUT2D eigenvalue weighted by Crippen LogP contribution is 2.21. The third-order valence-electron chi connectivity index (χ3n) is 5.05. The van der Waals surface area contributed by atoms with Crippen molar-refractivity contribution in [3.63, 3.8) is 0 Å². The summed E-state index contributed by atoms with van der Waals surface area (Å²) in [7, 11) is 0. The van der Waals surface area contributed by atoms with Crippen LogP contribution < -0.4 is 0 Å². The molecule has 1 N–H and O–H groups in total. The Labute approximate surface area is 144 Å². The van der Waals surface area contributed by atoms with E-state index in [1.807, 2.05) is 6.92 Å². The average Bonchev–Trinajstić information content (AvgIpc) is 2.93. The van der Waals surface area contributed by atoms with Gasteiger partial charge in [-0.15, -0.1) is 0 Å². The highest BCUT2D eigenvalue weighted by atomic mass is 16.2. The first kappa shape index (κ1) is 17.4. The van der Waals surface area contributed by atoms with Crippen molar-refractivity contribution in [1.29, 1.82) is 0 Å². The Morgan fingerprint density at radius 2 is 1.75 bits per heavy atom. The van der Waals surface area contributed by atoms with Crippen molar-refractivity contribution in [2.45, 2.75) is 33.7 Å². The topological polar surface area (TPSA) is 68.4 Å². The van der Waals surface area contributed by atoms with Gasteiger partial charge in [0.05, 0.1) is 13.1 Å². The van der Waals surface area contributed by atoms with E-state index >= 15 is 0 Å². The minimum absolute atomic E-state index is 0.298. The Hall–Kier alpha value is -1.47. The number of aryl methyl sites for hydroxylation is 1. The largest absolute Gasteiger partial charge is 0.341 e. The van der Waals surface area contributed by atoms with Crippen molar-refractivity contribution >= 4 is 5.91 Å². The number of nitrogens with zero attached hydrogens (tertiary/aromatic N) is 5. The number of carbonyl (C=O) groups excluding carboxylic acids is 1. The van der Waals surface area contributed by atoms with Gasteiger partial charge < -0.3 is 4.90 Å². The first-order valence-electron chi connectivity index (χ1n) is 9.10. The smallest absolute Gasteiger partial charge is 0.236 e. The first-order valence-corrected chi connectivity index (χ1v) is 9.10.